The van der Waals surface area contributed by atoms with Crippen LogP contribution in [0.25, 0.3) is 0 Å². The zero-order chi connectivity index (χ0) is 19.2. The molecule has 3 aromatic rings. The fourth-order valence-corrected chi connectivity index (χ4v) is 3.02. The number of aromatic nitrogens is 2. The minimum absolute atomic E-state index is 0.114. The molecule has 8 heteroatoms. The first-order valence-corrected chi connectivity index (χ1v) is 9.05. The molecule has 1 aromatic heterocycles. The highest BCUT2D eigenvalue weighted by Crippen LogP contribution is 2.24. The van der Waals surface area contributed by atoms with Crippen LogP contribution >= 0.6 is 11.8 Å². The second kappa shape index (κ2) is 8.41. The number of nitrogen functional groups attached to an aromatic ring is 1. The lowest BCUT2D eigenvalue weighted by molar-refractivity contribution is -0.115. The number of hydrogen-bond acceptors (Lipinski definition) is 6. The van der Waals surface area contributed by atoms with Crippen LogP contribution in [0.2, 0.25) is 0 Å². The molecule has 1 atom stereocenters. The molecule has 7 nitrogen and oxygen atoms in total. The number of nitrogens with zero attached hydrogens (tertiary/aromatic N) is 1. The number of hydrogen-bond donors (Lipinski definition) is 3. The molecule has 2 aromatic carbocycles. The predicted octanol–water partition coefficient (Wildman–Crippen LogP) is 3.26. The first kappa shape index (κ1) is 18.5. The molecular formula is C19H18N4O3S. The summed E-state index contributed by atoms with van der Waals surface area (Å²) in [4.78, 5) is 30.3. The molecule has 27 heavy (non-hydrogen) atoms. The van der Waals surface area contributed by atoms with Crippen LogP contribution in [0.15, 0.2) is 70.6 Å². The number of nitrogens with two attached hydrogens (primary N) is 1. The van der Waals surface area contributed by atoms with Crippen molar-refractivity contribution in [3.8, 4) is 11.5 Å². The molecule has 0 saturated carbocycles. The van der Waals surface area contributed by atoms with Gasteiger partial charge < -0.3 is 20.8 Å². The van der Waals surface area contributed by atoms with Gasteiger partial charge in [-0.2, -0.15) is 0 Å². The highest BCUT2D eigenvalue weighted by Gasteiger charge is 2.16. The zero-order valence-corrected chi connectivity index (χ0v) is 15.3. The van der Waals surface area contributed by atoms with Gasteiger partial charge in [-0.15, -0.1) is 0 Å². The van der Waals surface area contributed by atoms with Gasteiger partial charge in [-0.3, -0.25) is 9.59 Å². The summed E-state index contributed by atoms with van der Waals surface area (Å²) in [6.45, 7) is 1.72. The van der Waals surface area contributed by atoms with Gasteiger partial charge in [-0.1, -0.05) is 30.0 Å². The molecule has 0 aliphatic carbocycles. The van der Waals surface area contributed by atoms with Gasteiger partial charge in [0, 0.05) is 11.8 Å². The number of amides is 1. The molecule has 3 rings (SSSR count). The van der Waals surface area contributed by atoms with Crippen LogP contribution in [0.1, 0.15) is 6.92 Å². The van der Waals surface area contributed by atoms with Crippen LogP contribution in [0, 0.1) is 0 Å². The maximum absolute atomic E-state index is 12.3. The van der Waals surface area contributed by atoms with Crippen molar-refractivity contribution in [3.63, 3.8) is 0 Å². The van der Waals surface area contributed by atoms with Gasteiger partial charge in [-0.25, -0.2) is 4.98 Å². The van der Waals surface area contributed by atoms with Gasteiger partial charge in [0.25, 0.3) is 5.56 Å². The van der Waals surface area contributed by atoms with Crippen molar-refractivity contribution in [1.82, 2.24) is 9.97 Å². The summed E-state index contributed by atoms with van der Waals surface area (Å²) in [5, 5.41) is 2.64. The quantitative estimate of drug-likeness (QED) is 0.446. The van der Waals surface area contributed by atoms with Crippen LogP contribution in [0.3, 0.4) is 0 Å². The van der Waals surface area contributed by atoms with Crippen molar-refractivity contribution in [2.45, 2.75) is 17.3 Å². The van der Waals surface area contributed by atoms with Gasteiger partial charge in [-0.05, 0) is 43.3 Å². The van der Waals surface area contributed by atoms with Crippen molar-refractivity contribution in [2.24, 2.45) is 0 Å². The van der Waals surface area contributed by atoms with Crippen molar-refractivity contribution in [3.05, 3.63) is 71.0 Å². The Bertz CT molecular complexity index is 974. The largest absolute Gasteiger partial charge is 0.457 e. The smallest absolute Gasteiger partial charge is 0.253 e. The molecule has 0 spiro atoms. The number of anilines is 2. The molecular weight excluding hydrogens is 364 g/mol. The van der Waals surface area contributed by atoms with Gasteiger partial charge in [0.1, 0.15) is 17.3 Å². The standard InChI is InChI=1S/C19H18N4O3S/c1-12(27-19-22-16(20)11-17(24)23-19)18(25)21-13-7-9-15(10-8-13)26-14-5-3-2-4-6-14/h2-12H,1H3,(H,21,25)(H3,20,22,23,24). The summed E-state index contributed by atoms with van der Waals surface area (Å²) < 4.78 is 5.72. The maximum atomic E-state index is 12.3. The van der Waals surface area contributed by atoms with E-state index in [1.807, 2.05) is 30.3 Å². The third kappa shape index (κ3) is 5.35. The highest BCUT2D eigenvalue weighted by atomic mass is 32.2. The minimum atomic E-state index is -0.477. The molecule has 0 fully saturated rings. The molecule has 0 saturated heterocycles. The minimum Gasteiger partial charge on any atom is -0.457 e. The van der Waals surface area contributed by atoms with E-state index in [-0.39, 0.29) is 17.3 Å². The summed E-state index contributed by atoms with van der Waals surface area (Å²) >= 11 is 1.12. The second-order valence-corrected chi connectivity index (χ2v) is 6.99. The maximum Gasteiger partial charge on any atom is 0.253 e. The van der Waals surface area contributed by atoms with E-state index in [1.165, 1.54) is 6.07 Å². The normalized spacial score (nSPS) is 11.6. The summed E-state index contributed by atoms with van der Waals surface area (Å²) in [5.74, 6) is 1.30. The SMILES string of the molecule is CC(Sc1nc(N)cc(=O)[nH]1)C(=O)Nc1ccc(Oc2ccccc2)cc1. The van der Waals surface area contributed by atoms with Gasteiger partial charge in [0.15, 0.2) is 5.16 Å². The fourth-order valence-electron chi connectivity index (χ4n) is 2.20. The number of carbonyl (C=O) groups excluding carboxylic acids is 1. The van der Waals surface area contributed by atoms with Crippen molar-refractivity contribution in [2.75, 3.05) is 11.1 Å². The average Bonchev–Trinajstić information content (AvgIpc) is 2.63. The van der Waals surface area contributed by atoms with E-state index in [9.17, 15) is 9.59 Å². The van der Waals surface area contributed by atoms with E-state index in [4.69, 9.17) is 10.5 Å². The molecule has 1 unspecified atom stereocenters. The number of ether oxygens (including phenoxy) is 1. The first-order chi connectivity index (χ1) is 13.0. The van der Waals surface area contributed by atoms with Crippen LogP contribution in [-0.2, 0) is 4.79 Å². The van der Waals surface area contributed by atoms with Crippen molar-refractivity contribution in [1.29, 1.82) is 0 Å². The number of rotatable bonds is 6. The average molecular weight is 382 g/mol. The molecule has 0 bridgehead atoms. The Kier molecular flexibility index (Phi) is 5.77. The molecule has 0 radical (unpaired) electrons. The Morgan fingerprint density at radius 2 is 1.81 bits per heavy atom. The van der Waals surface area contributed by atoms with E-state index < -0.39 is 5.25 Å². The van der Waals surface area contributed by atoms with Crippen LogP contribution in [0.4, 0.5) is 11.5 Å². The topological polar surface area (TPSA) is 110 Å². The lowest BCUT2D eigenvalue weighted by Gasteiger charge is -2.12. The highest BCUT2D eigenvalue weighted by molar-refractivity contribution is 8.00. The number of carbonyl (C=O) groups is 1. The molecule has 1 amide bonds. The Morgan fingerprint density at radius 3 is 2.48 bits per heavy atom. The van der Waals surface area contributed by atoms with E-state index in [1.54, 1.807) is 31.2 Å². The molecule has 1 heterocycles. The molecule has 4 N–H and O–H groups in total. The monoisotopic (exact) mass is 382 g/mol. The summed E-state index contributed by atoms with van der Waals surface area (Å²) in [7, 11) is 0. The molecule has 138 valence electrons. The lowest BCUT2D eigenvalue weighted by atomic mass is 10.3. The summed E-state index contributed by atoms with van der Waals surface area (Å²) in [6.07, 6.45) is 0. The summed E-state index contributed by atoms with van der Waals surface area (Å²) in [6, 6.07) is 17.7. The second-order valence-electron chi connectivity index (χ2n) is 5.66. The van der Waals surface area contributed by atoms with Crippen LogP contribution in [-0.4, -0.2) is 21.1 Å². The number of para-hydroxylation sites is 1. The number of nitrogens with one attached hydrogen (secondary N) is 2. The Hall–Kier alpha value is -3.26. The Labute approximate surface area is 160 Å². The van der Waals surface area contributed by atoms with Crippen molar-refractivity contribution < 1.29 is 9.53 Å². The van der Waals surface area contributed by atoms with E-state index in [0.717, 1.165) is 17.5 Å². The van der Waals surface area contributed by atoms with Gasteiger partial charge in [0.2, 0.25) is 5.91 Å². The number of H-pyrrole nitrogens is 1. The zero-order valence-electron chi connectivity index (χ0n) is 14.5. The van der Waals surface area contributed by atoms with E-state index in [2.05, 4.69) is 15.3 Å². The number of thioether (sulfide) groups is 1. The van der Waals surface area contributed by atoms with Crippen molar-refractivity contribution >= 4 is 29.2 Å². The van der Waals surface area contributed by atoms with Crippen LogP contribution in [0.5, 0.6) is 11.5 Å². The third-order valence-corrected chi connectivity index (χ3v) is 4.48. The molecule has 0 aliphatic heterocycles. The Morgan fingerprint density at radius 1 is 1.15 bits per heavy atom. The molecule has 0 aliphatic rings. The summed E-state index contributed by atoms with van der Waals surface area (Å²) in [5.41, 5.74) is 5.83. The van der Waals surface area contributed by atoms with Gasteiger partial charge in [0.05, 0.1) is 5.25 Å². The van der Waals surface area contributed by atoms with Gasteiger partial charge >= 0.3 is 0 Å². The number of aromatic amines is 1. The third-order valence-electron chi connectivity index (χ3n) is 3.50. The number of benzene rings is 2. The predicted molar refractivity (Wildman–Crippen MR) is 106 cm³/mol. The van der Waals surface area contributed by atoms with E-state index >= 15 is 0 Å². The lowest BCUT2D eigenvalue weighted by Crippen LogP contribution is -2.23. The Balaban J connectivity index is 1.59. The van der Waals surface area contributed by atoms with E-state index in [0.29, 0.717) is 16.6 Å². The fraction of sp³-hybridized carbons (Fsp3) is 0.105. The first-order valence-electron chi connectivity index (χ1n) is 8.17. The van der Waals surface area contributed by atoms with Crippen LogP contribution < -0.4 is 21.3 Å².